The Morgan fingerprint density at radius 1 is 1.02 bits per heavy atom. The lowest BCUT2D eigenvalue weighted by molar-refractivity contribution is -0.123. The van der Waals surface area contributed by atoms with Crippen molar-refractivity contribution in [2.24, 2.45) is 0 Å². The van der Waals surface area contributed by atoms with Gasteiger partial charge in [-0.05, 0) is 92.3 Å². The fourth-order valence-corrected chi connectivity index (χ4v) is 7.32. The molecule has 50 heavy (non-hydrogen) atoms. The van der Waals surface area contributed by atoms with E-state index in [1.54, 1.807) is 56.4 Å². The van der Waals surface area contributed by atoms with Crippen molar-refractivity contribution in [1.29, 1.82) is 0 Å². The third kappa shape index (κ3) is 7.29. The quantitative estimate of drug-likeness (QED) is 0.152. The van der Waals surface area contributed by atoms with Crippen molar-refractivity contribution in [3.63, 3.8) is 0 Å². The van der Waals surface area contributed by atoms with E-state index >= 15 is 0 Å². The van der Waals surface area contributed by atoms with Gasteiger partial charge in [-0.15, -0.1) is 15.0 Å². The Morgan fingerprint density at radius 3 is 2.52 bits per heavy atom. The van der Waals surface area contributed by atoms with Crippen molar-refractivity contribution in [2.75, 3.05) is 12.4 Å². The average molecular weight is 701 g/mol. The molecule has 1 fully saturated rings. The van der Waals surface area contributed by atoms with Gasteiger partial charge in [0.25, 0.3) is 15.9 Å². The van der Waals surface area contributed by atoms with E-state index in [0.29, 0.717) is 33.3 Å². The number of carbonyl (C=O) groups excluding carboxylic acids is 3. The topological polar surface area (TPSA) is 199 Å². The molecule has 6 rings (SSSR count). The number of ether oxygens (including phenoxy) is 2. The highest BCUT2D eigenvalue weighted by molar-refractivity contribution is 7.90. The Kier molecular flexibility index (Phi) is 9.81. The van der Waals surface area contributed by atoms with E-state index in [1.165, 1.54) is 42.5 Å². The predicted octanol–water partition coefficient (Wildman–Crippen LogP) is 4.55. The molecule has 2 heterocycles. The maximum Gasteiger partial charge on any atom is 0.411 e. The van der Waals surface area contributed by atoms with Crippen LogP contribution in [-0.4, -0.2) is 64.7 Å². The van der Waals surface area contributed by atoms with Crippen molar-refractivity contribution in [3.8, 4) is 5.75 Å². The Morgan fingerprint density at radius 2 is 1.80 bits per heavy atom. The highest BCUT2D eigenvalue weighted by atomic mass is 32.2. The number of hydrogen-bond donors (Lipinski definition) is 4. The van der Waals surface area contributed by atoms with Gasteiger partial charge in [0.1, 0.15) is 18.0 Å². The second-order valence-electron chi connectivity index (χ2n) is 12.0. The smallest absolute Gasteiger partial charge is 0.411 e. The lowest BCUT2D eigenvalue weighted by Gasteiger charge is -2.22. The van der Waals surface area contributed by atoms with Crippen LogP contribution in [0.5, 0.6) is 5.75 Å². The first-order valence-corrected chi connectivity index (χ1v) is 17.4. The van der Waals surface area contributed by atoms with E-state index in [0.717, 1.165) is 25.7 Å². The molecule has 1 saturated carbocycles. The number of nitrogens with one attached hydrogen (secondary N) is 4. The molecule has 3 aromatic carbocycles. The van der Waals surface area contributed by atoms with Crippen molar-refractivity contribution < 1.29 is 32.3 Å². The fraction of sp³-hybridized carbons (Fsp3) is 0.294. The second kappa shape index (κ2) is 14.4. The summed E-state index contributed by atoms with van der Waals surface area (Å²) >= 11 is 0. The van der Waals surface area contributed by atoms with Gasteiger partial charge in [-0.25, -0.2) is 17.9 Å². The van der Waals surface area contributed by atoms with Gasteiger partial charge in [0.2, 0.25) is 5.91 Å². The summed E-state index contributed by atoms with van der Waals surface area (Å²) in [7, 11) is -2.80. The number of aromatic amines is 1. The van der Waals surface area contributed by atoms with Gasteiger partial charge in [-0.1, -0.05) is 24.3 Å². The van der Waals surface area contributed by atoms with E-state index < -0.39 is 40.0 Å². The molecule has 0 bridgehead atoms. The van der Waals surface area contributed by atoms with E-state index in [-0.39, 0.29) is 22.3 Å². The number of hydrogen-bond acceptors (Lipinski definition) is 10. The third-order valence-electron chi connectivity index (χ3n) is 8.59. The van der Waals surface area contributed by atoms with Crippen LogP contribution in [0.3, 0.4) is 0 Å². The monoisotopic (exact) mass is 700 g/mol. The lowest BCUT2D eigenvalue weighted by atomic mass is 9.88. The van der Waals surface area contributed by atoms with Crippen molar-refractivity contribution in [3.05, 3.63) is 95.4 Å². The summed E-state index contributed by atoms with van der Waals surface area (Å²) in [5.74, 6) is -2.22. The minimum atomic E-state index is -4.18. The molecule has 2 unspecified atom stereocenters. The first-order chi connectivity index (χ1) is 24.0. The van der Waals surface area contributed by atoms with Crippen LogP contribution in [0.25, 0.3) is 10.9 Å². The lowest BCUT2D eigenvalue weighted by Crippen LogP contribution is -2.36. The summed E-state index contributed by atoms with van der Waals surface area (Å²) in [6, 6.07) is 15.9. The minimum Gasteiger partial charge on any atom is -0.496 e. The summed E-state index contributed by atoms with van der Waals surface area (Å²) in [5, 5.41) is 17.9. The number of methoxy groups -OCH3 is 1. The normalized spacial score (nSPS) is 14.5. The van der Waals surface area contributed by atoms with Crippen LogP contribution < -0.4 is 20.1 Å². The van der Waals surface area contributed by atoms with E-state index in [9.17, 15) is 22.8 Å². The Labute approximate surface area is 287 Å². The van der Waals surface area contributed by atoms with Gasteiger partial charge in [-0.2, -0.15) is 0 Å². The Balaban J connectivity index is 1.35. The molecule has 16 heteroatoms. The number of benzene rings is 3. The average Bonchev–Trinajstić information content (AvgIpc) is 3.88. The van der Waals surface area contributed by atoms with Crippen molar-refractivity contribution in [1.82, 2.24) is 35.2 Å². The van der Waals surface area contributed by atoms with Crippen LogP contribution in [0.1, 0.15) is 71.7 Å². The van der Waals surface area contributed by atoms with E-state index in [1.807, 2.05) is 0 Å². The van der Waals surface area contributed by atoms with Gasteiger partial charge in [0, 0.05) is 33.9 Å². The van der Waals surface area contributed by atoms with Crippen LogP contribution in [-0.2, 0) is 19.6 Å². The molecule has 15 nitrogen and oxygen atoms in total. The third-order valence-corrected chi connectivity index (χ3v) is 10.1. The number of aromatic nitrogens is 5. The summed E-state index contributed by atoms with van der Waals surface area (Å²) in [4.78, 5) is 44.5. The molecule has 1 aliphatic rings. The van der Waals surface area contributed by atoms with Crippen LogP contribution >= 0.6 is 0 Å². The fourth-order valence-electron chi connectivity index (χ4n) is 6.10. The molecular formula is C34H36N8O7S. The number of aryl methyl sites for hydroxylation is 1. The number of H-pyrrole nitrogens is 1. The zero-order valence-corrected chi connectivity index (χ0v) is 28.4. The highest BCUT2D eigenvalue weighted by Gasteiger charge is 2.31. The second-order valence-corrected chi connectivity index (χ2v) is 13.6. The maximum atomic E-state index is 14.2. The van der Waals surface area contributed by atoms with Crippen molar-refractivity contribution in [2.45, 2.75) is 62.6 Å². The number of amides is 3. The number of tetrazole rings is 1. The van der Waals surface area contributed by atoms with E-state index in [2.05, 4.69) is 35.8 Å². The molecule has 260 valence electrons. The molecule has 1 aliphatic carbocycles. The Hall–Kier alpha value is -5.77. The molecule has 4 N–H and O–H groups in total. The zero-order chi connectivity index (χ0) is 35.4. The first-order valence-electron chi connectivity index (χ1n) is 16.0. The molecule has 0 radical (unpaired) electrons. The molecule has 3 amide bonds. The number of fused-ring (bicyclic) bond motifs is 1. The number of nitrogens with zero attached hydrogens (tertiary/aromatic N) is 4. The number of sulfonamides is 1. The highest BCUT2D eigenvalue weighted by Crippen LogP contribution is 2.38. The zero-order valence-electron chi connectivity index (χ0n) is 27.5. The standard InChI is InChI=1S/C34H36N8O7S/c1-20-8-4-7-11-30(20)50(46,47)40-32(43)22-12-14-25(29(16-22)48-3)31(33(44)38-21(2)42-37-19-36-41-42)27-18-35-28-15-13-23(17-26(27)28)39-34(45)49-24-9-5-6-10-24/h4,7-8,11-19,21,24,31,35H,5-6,9-10H2,1-3H3,(H,38,44)(H,39,45)(H,40,43). The summed E-state index contributed by atoms with van der Waals surface area (Å²) < 4.78 is 39.5. The molecule has 2 aromatic heterocycles. The molecule has 0 aliphatic heterocycles. The molecule has 0 saturated heterocycles. The van der Waals surface area contributed by atoms with Crippen LogP contribution in [0, 0.1) is 6.92 Å². The van der Waals surface area contributed by atoms with Gasteiger partial charge in [0.15, 0.2) is 6.33 Å². The first kappa shape index (κ1) is 34.1. The number of carbonyl (C=O) groups is 3. The van der Waals surface area contributed by atoms with Gasteiger partial charge >= 0.3 is 6.09 Å². The predicted molar refractivity (Wildman–Crippen MR) is 182 cm³/mol. The van der Waals surface area contributed by atoms with Crippen molar-refractivity contribution >= 4 is 44.5 Å². The van der Waals surface area contributed by atoms with Crippen LogP contribution in [0.2, 0.25) is 0 Å². The maximum absolute atomic E-state index is 14.2. The Bertz CT molecular complexity index is 2140. The van der Waals surface area contributed by atoms with Gasteiger partial charge < -0.3 is 19.8 Å². The number of rotatable bonds is 11. The molecule has 5 aromatic rings. The van der Waals surface area contributed by atoms with Crippen LogP contribution in [0.15, 0.2) is 78.1 Å². The van der Waals surface area contributed by atoms with Gasteiger partial charge in [-0.3, -0.25) is 14.9 Å². The van der Waals surface area contributed by atoms with E-state index in [4.69, 9.17) is 9.47 Å². The summed E-state index contributed by atoms with van der Waals surface area (Å²) in [5.41, 5.74) is 2.54. The summed E-state index contributed by atoms with van der Waals surface area (Å²) in [6.07, 6.45) is 5.27. The molecule has 0 spiro atoms. The van der Waals surface area contributed by atoms with Crippen LogP contribution in [0.4, 0.5) is 10.5 Å². The number of anilines is 1. The molecule has 2 atom stereocenters. The largest absolute Gasteiger partial charge is 0.496 e. The minimum absolute atomic E-state index is 0.00621. The van der Waals surface area contributed by atoms with Gasteiger partial charge in [0.05, 0.1) is 17.9 Å². The summed E-state index contributed by atoms with van der Waals surface area (Å²) in [6.45, 7) is 3.32. The SMILES string of the molecule is COc1cc(C(=O)NS(=O)(=O)c2ccccc2C)ccc1C(C(=O)NC(C)n1ncnn1)c1c[nH]c2ccc(NC(=O)OC3CCCC3)cc12. The molecular weight excluding hydrogens is 664 g/mol.